The maximum Gasteiger partial charge on any atom is 0.239 e. The van der Waals surface area contributed by atoms with Gasteiger partial charge in [0.15, 0.2) is 0 Å². The molecular formula is C16H24N2O. The zero-order valence-electron chi connectivity index (χ0n) is 11.9. The Balaban J connectivity index is 1.95. The number of carbonyl (C=O) groups is 1. The van der Waals surface area contributed by atoms with Gasteiger partial charge in [0.05, 0.1) is 6.04 Å². The maximum atomic E-state index is 12.4. The van der Waals surface area contributed by atoms with E-state index in [1.54, 1.807) is 0 Å². The zero-order valence-corrected chi connectivity index (χ0v) is 11.9. The molecule has 0 unspecified atom stereocenters. The summed E-state index contributed by atoms with van der Waals surface area (Å²) < 4.78 is 0. The van der Waals surface area contributed by atoms with Crippen LogP contribution in [0.4, 0.5) is 0 Å². The minimum atomic E-state index is -0.420. The van der Waals surface area contributed by atoms with Gasteiger partial charge in [-0.1, -0.05) is 44.2 Å². The number of carbonyl (C=O) groups excluding carboxylic acids is 1. The number of piperidine rings is 1. The van der Waals surface area contributed by atoms with Crippen molar-refractivity contribution in [3.8, 4) is 0 Å². The lowest BCUT2D eigenvalue weighted by molar-refractivity contribution is -0.135. The van der Waals surface area contributed by atoms with Gasteiger partial charge in [-0.2, -0.15) is 0 Å². The molecule has 0 aliphatic carbocycles. The number of likely N-dealkylation sites (tertiary alicyclic amines) is 1. The van der Waals surface area contributed by atoms with Crippen molar-refractivity contribution < 1.29 is 4.79 Å². The summed E-state index contributed by atoms with van der Waals surface area (Å²) in [5.41, 5.74) is 7.42. The monoisotopic (exact) mass is 260 g/mol. The predicted molar refractivity (Wildman–Crippen MR) is 77.7 cm³/mol. The van der Waals surface area contributed by atoms with Crippen LogP contribution in [0.3, 0.4) is 0 Å². The van der Waals surface area contributed by atoms with Crippen LogP contribution in [0, 0.1) is 5.41 Å². The third-order valence-corrected chi connectivity index (χ3v) is 3.83. The Morgan fingerprint density at radius 3 is 2.68 bits per heavy atom. The molecule has 1 amide bonds. The van der Waals surface area contributed by atoms with Crippen molar-refractivity contribution in [2.75, 3.05) is 13.1 Å². The first kappa shape index (κ1) is 14.1. The molecule has 1 aliphatic rings. The third kappa shape index (κ3) is 3.80. The smallest absolute Gasteiger partial charge is 0.239 e. The van der Waals surface area contributed by atoms with Crippen molar-refractivity contribution in [2.45, 2.75) is 39.2 Å². The molecule has 2 N–H and O–H groups in total. The summed E-state index contributed by atoms with van der Waals surface area (Å²) in [6, 6.07) is 9.56. The Bertz CT molecular complexity index is 428. The Hall–Kier alpha value is -1.35. The standard InChI is InChI=1S/C16H24N2O/c1-16(2)9-6-10-18(12-16)15(19)14(17)11-13-7-4-3-5-8-13/h3-5,7-8,14H,6,9-12,17H2,1-2H3/t14-/m1/s1. The van der Waals surface area contributed by atoms with Gasteiger partial charge < -0.3 is 10.6 Å². The van der Waals surface area contributed by atoms with Crippen LogP contribution in [0.1, 0.15) is 32.3 Å². The van der Waals surface area contributed by atoms with E-state index in [1.165, 1.54) is 6.42 Å². The second-order valence-electron chi connectivity index (χ2n) is 6.32. The highest BCUT2D eigenvalue weighted by Gasteiger charge is 2.31. The molecule has 3 heteroatoms. The minimum Gasteiger partial charge on any atom is -0.341 e. The van der Waals surface area contributed by atoms with Gasteiger partial charge in [-0.25, -0.2) is 0 Å². The Labute approximate surface area is 115 Å². The molecule has 0 spiro atoms. The van der Waals surface area contributed by atoms with Gasteiger partial charge in [0.2, 0.25) is 5.91 Å². The molecule has 1 aliphatic heterocycles. The van der Waals surface area contributed by atoms with Crippen LogP contribution < -0.4 is 5.73 Å². The van der Waals surface area contributed by atoms with Crippen molar-refractivity contribution >= 4 is 5.91 Å². The van der Waals surface area contributed by atoms with Crippen LogP contribution in [0.5, 0.6) is 0 Å². The highest BCUT2D eigenvalue weighted by molar-refractivity contribution is 5.82. The van der Waals surface area contributed by atoms with E-state index in [1.807, 2.05) is 35.2 Å². The second-order valence-corrected chi connectivity index (χ2v) is 6.32. The summed E-state index contributed by atoms with van der Waals surface area (Å²) in [6.45, 7) is 6.11. The number of rotatable bonds is 3. The van der Waals surface area contributed by atoms with Crippen molar-refractivity contribution in [3.05, 3.63) is 35.9 Å². The molecule has 3 nitrogen and oxygen atoms in total. The Morgan fingerprint density at radius 1 is 1.37 bits per heavy atom. The normalized spacial score (nSPS) is 20.1. The van der Waals surface area contributed by atoms with E-state index in [0.717, 1.165) is 25.1 Å². The van der Waals surface area contributed by atoms with Crippen LogP contribution in [0.15, 0.2) is 30.3 Å². The lowest BCUT2D eigenvalue weighted by Gasteiger charge is -2.39. The van der Waals surface area contributed by atoms with Gasteiger partial charge in [-0.15, -0.1) is 0 Å². The molecule has 0 bridgehead atoms. The van der Waals surface area contributed by atoms with Gasteiger partial charge in [-0.05, 0) is 30.2 Å². The van der Waals surface area contributed by atoms with Crippen LogP contribution in [-0.4, -0.2) is 29.9 Å². The summed E-state index contributed by atoms with van der Waals surface area (Å²) in [5, 5.41) is 0. The molecule has 0 saturated carbocycles. The Kier molecular flexibility index (Phi) is 4.25. The van der Waals surface area contributed by atoms with E-state index < -0.39 is 6.04 Å². The van der Waals surface area contributed by atoms with Crippen LogP contribution in [-0.2, 0) is 11.2 Å². The van der Waals surface area contributed by atoms with Crippen LogP contribution in [0.2, 0.25) is 0 Å². The quantitative estimate of drug-likeness (QED) is 0.905. The molecule has 1 atom stereocenters. The molecule has 1 heterocycles. The molecule has 0 aromatic heterocycles. The van der Waals surface area contributed by atoms with Gasteiger partial charge in [0, 0.05) is 13.1 Å². The SMILES string of the molecule is CC1(C)CCCN(C(=O)[C@H](N)Cc2ccccc2)C1. The summed E-state index contributed by atoms with van der Waals surface area (Å²) in [7, 11) is 0. The first-order valence-corrected chi connectivity index (χ1v) is 7.06. The number of nitrogens with zero attached hydrogens (tertiary/aromatic N) is 1. The van der Waals surface area contributed by atoms with E-state index >= 15 is 0 Å². The molecule has 19 heavy (non-hydrogen) atoms. The van der Waals surface area contributed by atoms with E-state index in [2.05, 4.69) is 13.8 Å². The lowest BCUT2D eigenvalue weighted by atomic mass is 9.84. The molecule has 104 valence electrons. The van der Waals surface area contributed by atoms with Crippen molar-refractivity contribution in [1.29, 1.82) is 0 Å². The van der Waals surface area contributed by atoms with Crippen molar-refractivity contribution in [3.63, 3.8) is 0 Å². The average Bonchev–Trinajstić information content (AvgIpc) is 2.38. The molecule has 1 saturated heterocycles. The topological polar surface area (TPSA) is 46.3 Å². The molecule has 1 aromatic carbocycles. The van der Waals surface area contributed by atoms with Gasteiger partial charge in [-0.3, -0.25) is 4.79 Å². The predicted octanol–water partition coefficient (Wildman–Crippen LogP) is 2.21. The first-order chi connectivity index (χ1) is 8.98. The number of hydrogen-bond donors (Lipinski definition) is 1. The highest BCUT2D eigenvalue weighted by Crippen LogP contribution is 2.28. The van der Waals surface area contributed by atoms with Gasteiger partial charge in [0.1, 0.15) is 0 Å². The molecule has 0 radical (unpaired) electrons. The molecule has 1 fully saturated rings. The largest absolute Gasteiger partial charge is 0.341 e. The molecule has 2 rings (SSSR count). The van der Waals surface area contributed by atoms with Gasteiger partial charge in [0.25, 0.3) is 0 Å². The third-order valence-electron chi connectivity index (χ3n) is 3.83. The summed E-state index contributed by atoms with van der Waals surface area (Å²) >= 11 is 0. The first-order valence-electron chi connectivity index (χ1n) is 7.06. The van der Waals surface area contributed by atoms with E-state index in [4.69, 9.17) is 5.73 Å². The number of benzene rings is 1. The number of nitrogens with two attached hydrogens (primary N) is 1. The minimum absolute atomic E-state index is 0.0941. The fraction of sp³-hybridized carbons (Fsp3) is 0.562. The lowest BCUT2D eigenvalue weighted by Crippen LogP contribution is -2.50. The highest BCUT2D eigenvalue weighted by atomic mass is 16.2. The molecular weight excluding hydrogens is 236 g/mol. The van der Waals surface area contributed by atoms with Crippen LogP contribution >= 0.6 is 0 Å². The number of hydrogen-bond acceptors (Lipinski definition) is 2. The van der Waals surface area contributed by atoms with Crippen molar-refractivity contribution in [2.24, 2.45) is 11.1 Å². The average molecular weight is 260 g/mol. The number of amides is 1. The van der Waals surface area contributed by atoms with Crippen LogP contribution in [0.25, 0.3) is 0 Å². The van der Waals surface area contributed by atoms with Gasteiger partial charge >= 0.3 is 0 Å². The Morgan fingerprint density at radius 2 is 2.05 bits per heavy atom. The van der Waals surface area contributed by atoms with Crippen molar-refractivity contribution in [1.82, 2.24) is 4.90 Å². The zero-order chi connectivity index (χ0) is 13.9. The summed E-state index contributed by atoms with van der Waals surface area (Å²) in [4.78, 5) is 14.3. The fourth-order valence-electron chi connectivity index (χ4n) is 2.80. The maximum absolute atomic E-state index is 12.4. The van der Waals surface area contributed by atoms with E-state index in [9.17, 15) is 4.79 Å². The summed E-state index contributed by atoms with van der Waals surface area (Å²) in [6.07, 6.45) is 2.89. The summed E-state index contributed by atoms with van der Waals surface area (Å²) in [5.74, 6) is 0.0941. The molecule has 1 aromatic rings. The van der Waals surface area contributed by atoms with E-state index in [-0.39, 0.29) is 11.3 Å². The second kappa shape index (κ2) is 5.74. The van der Waals surface area contributed by atoms with E-state index in [0.29, 0.717) is 6.42 Å². The fourth-order valence-corrected chi connectivity index (χ4v) is 2.80.